The van der Waals surface area contributed by atoms with E-state index >= 15 is 0 Å². The third kappa shape index (κ3) is 3.33. The molecular formula is C15H11Cl2N5O. The number of nitrogens with one attached hydrogen (secondary N) is 1. The van der Waals surface area contributed by atoms with Gasteiger partial charge >= 0.3 is 0 Å². The van der Waals surface area contributed by atoms with Crippen LogP contribution >= 0.6 is 23.2 Å². The van der Waals surface area contributed by atoms with Crippen molar-refractivity contribution in [3.05, 3.63) is 52.0 Å². The maximum absolute atomic E-state index is 6.13. The van der Waals surface area contributed by atoms with E-state index < -0.39 is 0 Å². The highest BCUT2D eigenvalue weighted by Gasteiger charge is 2.09. The second kappa shape index (κ2) is 6.76. The Hall–Kier alpha value is -2.44. The molecule has 23 heavy (non-hydrogen) atoms. The van der Waals surface area contributed by atoms with Gasteiger partial charge in [-0.1, -0.05) is 29.3 Å². The zero-order valence-electron chi connectivity index (χ0n) is 12.0. The smallest absolute Gasteiger partial charge is 0.204 e. The van der Waals surface area contributed by atoms with Crippen LogP contribution in [0.3, 0.4) is 0 Å². The topological polar surface area (TPSA) is 76.1 Å². The maximum Gasteiger partial charge on any atom is 0.204 e. The van der Waals surface area contributed by atoms with E-state index in [0.717, 1.165) is 5.56 Å². The van der Waals surface area contributed by atoms with Gasteiger partial charge in [-0.2, -0.15) is 5.21 Å². The van der Waals surface area contributed by atoms with Crippen molar-refractivity contribution in [2.45, 2.75) is 0 Å². The number of ether oxygens (including phenoxy) is 1. The molecule has 0 atom stereocenters. The van der Waals surface area contributed by atoms with Crippen molar-refractivity contribution in [1.29, 1.82) is 0 Å². The lowest BCUT2D eigenvalue weighted by molar-refractivity contribution is 0.416. The molecule has 0 spiro atoms. The molecule has 0 aliphatic carbocycles. The van der Waals surface area contributed by atoms with Crippen LogP contribution in [-0.4, -0.2) is 33.9 Å². The van der Waals surface area contributed by atoms with E-state index in [2.05, 4.69) is 25.6 Å². The van der Waals surface area contributed by atoms with E-state index in [4.69, 9.17) is 27.9 Å². The van der Waals surface area contributed by atoms with Gasteiger partial charge in [0.2, 0.25) is 5.82 Å². The lowest BCUT2D eigenvalue weighted by atomic mass is 10.2. The molecule has 8 heteroatoms. The zero-order chi connectivity index (χ0) is 16.2. The number of nitrogens with zero attached hydrogens (tertiary/aromatic N) is 4. The third-order valence-electron chi connectivity index (χ3n) is 3.12. The largest absolute Gasteiger partial charge is 0.494 e. The summed E-state index contributed by atoms with van der Waals surface area (Å²) in [6, 6.07) is 10.7. The fraction of sp³-hybridized carbons (Fsp3) is 0.0667. The summed E-state index contributed by atoms with van der Waals surface area (Å²) in [5.74, 6) is 1.06. The van der Waals surface area contributed by atoms with Gasteiger partial charge < -0.3 is 4.74 Å². The third-order valence-corrected chi connectivity index (χ3v) is 3.77. The maximum atomic E-state index is 6.13. The number of hydrogen-bond donors (Lipinski definition) is 1. The van der Waals surface area contributed by atoms with Gasteiger partial charge in [-0.05, 0) is 35.5 Å². The predicted molar refractivity (Wildman–Crippen MR) is 89.9 cm³/mol. The number of aromatic amines is 1. The number of aromatic nitrogens is 4. The van der Waals surface area contributed by atoms with Gasteiger partial charge in [-0.15, -0.1) is 10.2 Å². The number of rotatable bonds is 4. The van der Waals surface area contributed by atoms with Gasteiger partial charge in [0.05, 0.1) is 17.2 Å². The Kier molecular flexibility index (Phi) is 4.55. The summed E-state index contributed by atoms with van der Waals surface area (Å²) in [5.41, 5.74) is 2.06. The molecule has 1 heterocycles. The molecule has 0 fully saturated rings. The molecule has 0 aliphatic heterocycles. The van der Waals surface area contributed by atoms with Gasteiger partial charge in [0.15, 0.2) is 0 Å². The van der Waals surface area contributed by atoms with Crippen LogP contribution in [0.25, 0.3) is 11.4 Å². The summed E-state index contributed by atoms with van der Waals surface area (Å²) >= 11 is 12.3. The Morgan fingerprint density at radius 2 is 1.96 bits per heavy atom. The van der Waals surface area contributed by atoms with E-state index in [0.29, 0.717) is 32.9 Å². The molecule has 0 saturated carbocycles. The van der Waals surface area contributed by atoms with Gasteiger partial charge in [-0.25, -0.2) is 0 Å². The van der Waals surface area contributed by atoms with Crippen LogP contribution in [0.2, 0.25) is 10.0 Å². The SMILES string of the molecule is COc1cc(-c2nn[nH]n2)ccc1N=Cc1c(Cl)cccc1Cl. The molecule has 3 rings (SSSR count). The predicted octanol–water partition coefficient (Wildman–Crippen LogP) is 3.93. The van der Waals surface area contributed by atoms with Crippen LogP contribution in [0.4, 0.5) is 5.69 Å². The van der Waals surface area contributed by atoms with Gasteiger partial charge in [-0.3, -0.25) is 4.99 Å². The highest BCUT2D eigenvalue weighted by Crippen LogP contribution is 2.32. The Bertz CT molecular complexity index is 829. The lowest BCUT2D eigenvalue weighted by Gasteiger charge is -2.06. The molecule has 0 unspecified atom stereocenters. The van der Waals surface area contributed by atoms with E-state index in [9.17, 15) is 0 Å². The van der Waals surface area contributed by atoms with Crippen molar-refractivity contribution in [3.8, 4) is 17.1 Å². The number of tetrazole rings is 1. The van der Waals surface area contributed by atoms with Crippen LogP contribution in [-0.2, 0) is 0 Å². The monoisotopic (exact) mass is 347 g/mol. The molecule has 0 amide bonds. The summed E-state index contributed by atoms with van der Waals surface area (Å²) in [7, 11) is 1.57. The van der Waals surface area contributed by atoms with Crippen LogP contribution in [0, 0.1) is 0 Å². The normalized spacial score (nSPS) is 11.1. The molecule has 1 N–H and O–H groups in total. The van der Waals surface area contributed by atoms with Crippen LogP contribution < -0.4 is 4.74 Å². The molecule has 6 nitrogen and oxygen atoms in total. The minimum Gasteiger partial charge on any atom is -0.494 e. The minimum atomic E-state index is 0.480. The Morgan fingerprint density at radius 3 is 2.61 bits per heavy atom. The standard InChI is InChI=1S/C15H11Cl2N5O/c1-23-14-7-9(15-19-21-22-20-15)5-6-13(14)18-8-10-11(16)3-2-4-12(10)17/h2-8H,1H3,(H,19,20,21,22). The van der Waals surface area contributed by atoms with Crippen LogP contribution in [0.15, 0.2) is 41.4 Å². The Balaban J connectivity index is 1.95. The van der Waals surface area contributed by atoms with Crippen LogP contribution in [0.1, 0.15) is 5.56 Å². The van der Waals surface area contributed by atoms with Gasteiger partial charge in [0.25, 0.3) is 0 Å². The van der Waals surface area contributed by atoms with Crippen molar-refractivity contribution in [1.82, 2.24) is 20.6 Å². The zero-order valence-corrected chi connectivity index (χ0v) is 13.5. The van der Waals surface area contributed by atoms with Gasteiger partial charge in [0, 0.05) is 17.3 Å². The molecule has 116 valence electrons. The van der Waals surface area contributed by atoms with E-state index in [1.807, 2.05) is 6.07 Å². The summed E-state index contributed by atoms with van der Waals surface area (Å²) in [4.78, 5) is 4.41. The molecule has 1 aromatic heterocycles. The Morgan fingerprint density at radius 1 is 1.17 bits per heavy atom. The molecule has 0 radical (unpaired) electrons. The second-order valence-electron chi connectivity index (χ2n) is 4.52. The van der Waals surface area contributed by atoms with Crippen molar-refractivity contribution in [3.63, 3.8) is 0 Å². The number of H-pyrrole nitrogens is 1. The van der Waals surface area contributed by atoms with Crippen LogP contribution in [0.5, 0.6) is 5.75 Å². The molecule has 2 aromatic carbocycles. The summed E-state index contributed by atoms with van der Waals surface area (Å²) < 4.78 is 5.37. The molecule has 0 aliphatic rings. The minimum absolute atomic E-state index is 0.480. The molecule has 3 aromatic rings. The average Bonchev–Trinajstić information content (AvgIpc) is 3.09. The number of hydrogen-bond acceptors (Lipinski definition) is 5. The molecular weight excluding hydrogens is 337 g/mol. The average molecular weight is 348 g/mol. The van der Waals surface area contributed by atoms with E-state index in [1.54, 1.807) is 43.7 Å². The first-order valence-electron chi connectivity index (χ1n) is 6.59. The quantitative estimate of drug-likeness (QED) is 0.725. The number of aliphatic imine (C=N–C) groups is 1. The fourth-order valence-corrected chi connectivity index (χ4v) is 2.47. The highest BCUT2D eigenvalue weighted by molar-refractivity contribution is 6.38. The van der Waals surface area contributed by atoms with E-state index in [-0.39, 0.29) is 0 Å². The van der Waals surface area contributed by atoms with E-state index in [1.165, 1.54) is 0 Å². The molecule has 0 saturated heterocycles. The summed E-state index contributed by atoms with van der Waals surface area (Å²) in [6.07, 6.45) is 1.61. The first kappa shape index (κ1) is 15.5. The number of halogens is 2. The lowest BCUT2D eigenvalue weighted by Crippen LogP contribution is -1.88. The summed E-state index contributed by atoms with van der Waals surface area (Å²) in [6.45, 7) is 0. The van der Waals surface area contributed by atoms with Gasteiger partial charge in [0.1, 0.15) is 11.4 Å². The van der Waals surface area contributed by atoms with Crippen molar-refractivity contribution >= 4 is 35.1 Å². The number of benzene rings is 2. The number of methoxy groups -OCH3 is 1. The van der Waals surface area contributed by atoms with Crippen molar-refractivity contribution in [2.75, 3.05) is 7.11 Å². The van der Waals surface area contributed by atoms with Crippen molar-refractivity contribution in [2.24, 2.45) is 4.99 Å². The Labute approximate surface area is 142 Å². The fourth-order valence-electron chi connectivity index (χ4n) is 1.98. The molecule has 0 bridgehead atoms. The summed E-state index contributed by atoms with van der Waals surface area (Å²) in [5, 5.41) is 14.9. The van der Waals surface area contributed by atoms with Crippen molar-refractivity contribution < 1.29 is 4.74 Å². The highest BCUT2D eigenvalue weighted by atomic mass is 35.5. The second-order valence-corrected chi connectivity index (χ2v) is 5.33. The first-order chi connectivity index (χ1) is 11.2. The first-order valence-corrected chi connectivity index (χ1v) is 7.34.